The molecule has 0 saturated carbocycles. The van der Waals surface area contributed by atoms with Crippen molar-refractivity contribution in [2.75, 3.05) is 34.0 Å². The Bertz CT molecular complexity index is 465. The van der Waals surface area contributed by atoms with Crippen LogP contribution in [0.15, 0.2) is 24.3 Å². The zero-order chi connectivity index (χ0) is 15.0. The molecule has 0 radical (unpaired) electrons. The molecule has 0 bridgehead atoms. The van der Waals surface area contributed by atoms with Crippen LogP contribution in [0, 0.1) is 0 Å². The lowest BCUT2D eigenvalue weighted by Gasteiger charge is -2.17. The van der Waals surface area contributed by atoms with Gasteiger partial charge in [0, 0.05) is 26.3 Å². The largest absolute Gasteiger partial charge is 0.389 e. The normalized spacial score (nSPS) is 10.3. The van der Waals surface area contributed by atoms with E-state index in [4.69, 9.17) is 27.4 Å². The third-order valence-electron chi connectivity index (χ3n) is 2.71. The van der Waals surface area contributed by atoms with Gasteiger partial charge in [-0.1, -0.05) is 30.4 Å². The first-order valence-electron chi connectivity index (χ1n) is 6.24. The number of benzene rings is 1. The first-order chi connectivity index (χ1) is 9.54. The number of carbonyl (C=O) groups excluding carboxylic acids is 1. The van der Waals surface area contributed by atoms with Crippen molar-refractivity contribution in [3.63, 3.8) is 0 Å². The number of thiocarbonyl (C=S) groups is 1. The van der Waals surface area contributed by atoms with Crippen LogP contribution in [-0.2, 0) is 20.8 Å². The minimum atomic E-state index is -0.0816. The van der Waals surface area contributed by atoms with E-state index in [1.165, 1.54) is 0 Å². The predicted octanol–water partition coefficient (Wildman–Crippen LogP) is 0.942. The van der Waals surface area contributed by atoms with Crippen LogP contribution in [0.4, 0.5) is 0 Å². The zero-order valence-corrected chi connectivity index (χ0v) is 12.6. The number of carbonyl (C=O) groups is 1. The van der Waals surface area contributed by atoms with Gasteiger partial charge < -0.3 is 20.1 Å². The highest BCUT2D eigenvalue weighted by Crippen LogP contribution is 2.08. The molecule has 2 N–H and O–H groups in total. The van der Waals surface area contributed by atoms with Crippen molar-refractivity contribution >= 4 is 23.1 Å². The van der Waals surface area contributed by atoms with Crippen LogP contribution in [-0.4, -0.2) is 49.8 Å². The lowest BCUT2D eigenvalue weighted by atomic mass is 10.1. The fourth-order valence-electron chi connectivity index (χ4n) is 1.60. The van der Waals surface area contributed by atoms with Crippen LogP contribution >= 0.6 is 12.2 Å². The van der Waals surface area contributed by atoms with Gasteiger partial charge in [0.2, 0.25) is 5.91 Å². The Kier molecular flexibility index (Phi) is 7.14. The second kappa shape index (κ2) is 8.63. The van der Waals surface area contributed by atoms with Gasteiger partial charge >= 0.3 is 0 Å². The minimum absolute atomic E-state index is 0.0504. The zero-order valence-electron chi connectivity index (χ0n) is 11.8. The molecule has 0 aliphatic heterocycles. The van der Waals surface area contributed by atoms with Gasteiger partial charge in [-0.2, -0.15) is 0 Å². The van der Waals surface area contributed by atoms with E-state index in [1.807, 2.05) is 24.3 Å². The number of nitrogens with zero attached hydrogens (tertiary/aromatic N) is 1. The van der Waals surface area contributed by atoms with Crippen LogP contribution in [0.1, 0.15) is 11.1 Å². The first kappa shape index (κ1) is 16.6. The lowest BCUT2D eigenvalue weighted by Crippen LogP contribution is -2.30. The van der Waals surface area contributed by atoms with E-state index in [-0.39, 0.29) is 12.5 Å². The highest BCUT2D eigenvalue weighted by atomic mass is 32.1. The summed E-state index contributed by atoms with van der Waals surface area (Å²) in [4.78, 5) is 13.8. The van der Waals surface area contributed by atoms with Gasteiger partial charge in [-0.3, -0.25) is 4.79 Å². The van der Waals surface area contributed by atoms with Crippen molar-refractivity contribution in [2.24, 2.45) is 5.73 Å². The fourth-order valence-corrected chi connectivity index (χ4v) is 1.72. The van der Waals surface area contributed by atoms with Crippen molar-refractivity contribution in [1.29, 1.82) is 0 Å². The van der Waals surface area contributed by atoms with Crippen LogP contribution in [0.2, 0.25) is 0 Å². The third-order valence-corrected chi connectivity index (χ3v) is 2.95. The third kappa shape index (κ3) is 5.64. The van der Waals surface area contributed by atoms with Crippen molar-refractivity contribution in [3.8, 4) is 0 Å². The summed E-state index contributed by atoms with van der Waals surface area (Å²) in [5.41, 5.74) is 7.36. The number of rotatable bonds is 8. The minimum Gasteiger partial charge on any atom is -0.389 e. The molecule has 0 aromatic heterocycles. The summed E-state index contributed by atoms with van der Waals surface area (Å²) in [5, 5.41) is 0. The number of ether oxygens (including phenoxy) is 2. The molecule has 0 fully saturated rings. The van der Waals surface area contributed by atoms with E-state index in [9.17, 15) is 4.79 Å². The molecule has 20 heavy (non-hydrogen) atoms. The van der Waals surface area contributed by atoms with E-state index in [1.54, 1.807) is 19.1 Å². The van der Waals surface area contributed by atoms with Gasteiger partial charge in [-0.15, -0.1) is 0 Å². The molecular weight excluding hydrogens is 276 g/mol. The van der Waals surface area contributed by atoms with Crippen molar-refractivity contribution in [2.45, 2.75) is 6.54 Å². The van der Waals surface area contributed by atoms with Gasteiger partial charge in [0.25, 0.3) is 0 Å². The molecule has 5 nitrogen and oxygen atoms in total. The SMILES string of the molecule is COCCOCC(=O)N(C)Cc1cccc(C(N)=S)c1. The monoisotopic (exact) mass is 296 g/mol. The maximum Gasteiger partial charge on any atom is 0.248 e. The maximum atomic E-state index is 11.8. The van der Waals surface area contributed by atoms with Gasteiger partial charge in [-0.05, 0) is 11.6 Å². The Hall–Kier alpha value is -1.50. The predicted molar refractivity (Wildman–Crippen MR) is 81.5 cm³/mol. The number of hydrogen-bond donors (Lipinski definition) is 1. The van der Waals surface area contributed by atoms with Crippen molar-refractivity contribution < 1.29 is 14.3 Å². The number of likely N-dealkylation sites (N-methyl/N-ethyl adjacent to an activating group) is 1. The molecule has 1 aromatic carbocycles. The van der Waals surface area contributed by atoms with Gasteiger partial charge in [0.1, 0.15) is 11.6 Å². The van der Waals surface area contributed by atoms with Gasteiger partial charge in [0.05, 0.1) is 13.2 Å². The highest BCUT2D eigenvalue weighted by Gasteiger charge is 2.10. The molecule has 0 unspecified atom stereocenters. The summed E-state index contributed by atoms with van der Waals surface area (Å²) in [7, 11) is 3.32. The molecule has 6 heteroatoms. The number of amides is 1. The van der Waals surface area contributed by atoms with E-state index < -0.39 is 0 Å². The summed E-state index contributed by atoms with van der Waals surface area (Å²) < 4.78 is 10.0. The average Bonchev–Trinajstić information content (AvgIpc) is 2.43. The van der Waals surface area contributed by atoms with Crippen LogP contribution in [0.3, 0.4) is 0 Å². The molecule has 1 aromatic rings. The Balaban J connectivity index is 2.48. The Morgan fingerprint density at radius 3 is 2.80 bits per heavy atom. The average molecular weight is 296 g/mol. The summed E-state index contributed by atoms with van der Waals surface area (Å²) in [6.07, 6.45) is 0. The second-order valence-electron chi connectivity index (χ2n) is 4.36. The fraction of sp³-hybridized carbons (Fsp3) is 0.429. The first-order valence-corrected chi connectivity index (χ1v) is 6.64. The van der Waals surface area contributed by atoms with Crippen LogP contribution in [0.5, 0.6) is 0 Å². The summed E-state index contributed by atoms with van der Waals surface area (Å²) >= 11 is 4.93. The lowest BCUT2D eigenvalue weighted by molar-refractivity contribution is -0.135. The number of hydrogen-bond acceptors (Lipinski definition) is 4. The van der Waals surface area contributed by atoms with E-state index >= 15 is 0 Å². The number of methoxy groups -OCH3 is 1. The molecule has 0 atom stereocenters. The summed E-state index contributed by atoms with van der Waals surface area (Å²) in [6.45, 7) is 1.43. The van der Waals surface area contributed by atoms with Gasteiger partial charge in [0.15, 0.2) is 0 Å². The maximum absolute atomic E-state index is 11.8. The summed E-state index contributed by atoms with van der Waals surface area (Å²) in [5.74, 6) is -0.0816. The molecule has 1 rings (SSSR count). The Morgan fingerprint density at radius 1 is 1.40 bits per heavy atom. The topological polar surface area (TPSA) is 64.8 Å². The Labute approximate surface area is 124 Å². The van der Waals surface area contributed by atoms with Crippen molar-refractivity contribution in [3.05, 3.63) is 35.4 Å². The Morgan fingerprint density at radius 2 is 2.15 bits per heavy atom. The highest BCUT2D eigenvalue weighted by molar-refractivity contribution is 7.80. The molecular formula is C14H20N2O3S. The smallest absolute Gasteiger partial charge is 0.248 e. The standard InChI is InChI=1S/C14H20N2O3S/c1-16(13(17)10-19-7-6-18-2)9-11-4-3-5-12(8-11)14(15)20/h3-5,8H,6-7,9-10H2,1-2H3,(H2,15,20). The molecule has 0 spiro atoms. The van der Waals surface area contributed by atoms with E-state index in [2.05, 4.69) is 0 Å². The molecule has 110 valence electrons. The molecule has 0 heterocycles. The van der Waals surface area contributed by atoms with E-state index in [0.717, 1.165) is 11.1 Å². The van der Waals surface area contributed by atoms with Crippen LogP contribution in [0.25, 0.3) is 0 Å². The molecule has 1 amide bonds. The second-order valence-corrected chi connectivity index (χ2v) is 4.80. The van der Waals surface area contributed by atoms with Crippen molar-refractivity contribution in [1.82, 2.24) is 4.90 Å². The van der Waals surface area contributed by atoms with Gasteiger partial charge in [-0.25, -0.2) is 0 Å². The molecule has 0 saturated heterocycles. The molecule has 0 aliphatic carbocycles. The van der Waals surface area contributed by atoms with Crippen LogP contribution < -0.4 is 5.73 Å². The van der Waals surface area contributed by atoms with E-state index in [0.29, 0.717) is 24.7 Å². The molecule has 0 aliphatic rings. The summed E-state index contributed by atoms with van der Waals surface area (Å²) in [6, 6.07) is 7.54. The number of nitrogens with two attached hydrogens (primary N) is 1. The quantitative estimate of drug-likeness (QED) is 0.571.